The van der Waals surface area contributed by atoms with Gasteiger partial charge in [0.2, 0.25) is 0 Å². The Kier molecular flexibility index (Phi) is 3.62. The molecule has 2 heterocycles. The Bertz CT molecular complexity index is 1110. The van der Waals surface area contributed by atoms with Crippen LogP contribution >= 0.6 is 0 Å². The van der Waals surface area contributed by atoms with E-state index in [0.29, 0.717) is 11.2 Å². The van der Waals surface area contributed by atoms with Gasteiger partial charge in [0.05, 0.1) is 16.6 Å². The number of hydrogen-bond donors (Lipinski definition) is 1. The summed E-state index contributed by atoms with van der Waals surface area (Å²) in [5, 5.41) is 13.0. The highest BCUT2D eigenvalue weighted by Gasteiger charge is 2.15. The number of para-hydroxylation sites is 2. The summed E-state index contributed by atoms with van der Waals surface area (Å²) in [7, 11) is 0. The summed E-state index contributed by atoms with van der Waals surface area (Å²) in [6, 6.07) is 20.7. The van der Waals surface area contributed by atoms with E-state index in [2.05, 4.69) is 47.6 Å². The molecule has 0 amide bonds. The van der Waals surface area contributed by atoms with Gasteiger partial charge in [0.25, 0.3) is 0 Å². The second-order valence-corrected chi connectivity index (χ2v) is 6.13. The Labute approximate surface area is 146 Å². The first kappa shape index (κ1) is 15.2. The third-order valence-electron chi connectivity index (χ3n) is 4.52. The number of fused-ring (bicyclic) bond motifs is 3. The number of nitrogens with one attached hydrogen (secondary N) is 1. The predicted octanol–water partition coefficient (Wildman–Crippen LogP) is 4.97. The summed E-state index contributed by atoms with van der Waals surface area (Å²) in [4.78, 5) is 4.68. The molecular formula is C21H18N4. The molecule has 0 aliphatic rings. The summed E-state index contributed by atoms with van der Waals surface area (Å²) >= 11 is 0. The third kappa shape index (κ3) is 2.50. The van der Waals surface area contributed by atoms with Crippen LogP contribution in [0, 0.1) is 18.3 Å². The van der Waals surface area contributed by atoms with Crippen molar-refractivity contribution in [1.82, 2.24) is 9.38 Å². The van der Waals surface area contributed by atoms with Crippen molar-refractivity contribution >= 4 is 28.2 Å². The lowest BCUT2D eigenvalue weighted by Gasteiger charge is -2.13. The number of imidazole rings is 1. The second-order valence-electron chi connectivity index (χ2n) is 6.13. The maximum absolute atomic E-state index is 9.56. The zero-order valence-electron chi connectivity index (χ0n) is 14.2. The molecule has 2 aromatic carbocycles. The van der Waals surface area contributed by atoms with Gasteiger partial charge < -0.3 is 5.32 Å². The lowest BCUT2D eigenvalue weighted by molar-refractivity contribution is 1.14. The van der Waals surface area contributed by atoms with Crippen molar-refractivity contribution in [3.63, 3.8) is 0 Å². The van der Waals surface area contributed by atoms with Gasteiger partial charge in [-0.25, -0.2) is 4.98 Å². The normalized spacial score (nSPS) is 10.9. The van der Waals surface area contributed by atoms with Crippen molar-refractivity contribution in [3.05, 3.63) is 71.3 Å². The minimum absolute atomic E-state index is 0.614. The van der Waals surface area contributed by atoms with Crippen molar-refractivity contribution in [2.24, 2.45) is 0 Å². The van der Waals surface area contributed by atoms with E-state index in [1.807, 2.05) is 41.7 Å². The molecule has 0 unspecified atom stereocenters. The van der Waals surface area contributed by atoms with Crippen LogP contribution in [-0.2, 0) is 6.42 Å². The SMILES string of the molecule is CCc1ccc(Nc2cc(C)c(C#N)c3nc4ccccc4n23)cc1. The molecule has 4 nitrogen and oxygen atoms in total. The van der Waals surface area contributed by atoms with E-state index in [1.54, 1.807) is 0 Å². The van der Waals surface area contributed by atoms with E-state index in [0.717, 1.165) is 34.5 Å². The molecule has 0 spiro atoms. The lowest BCUT2D eigenvalue weighted by Crippen LogP contribution is -2.02. The van der Waals surface area contributed by atoms with Gasteiger partial charge in [-0.3, -0.25) is 4.40 Å². The standard InChI is InChI=1S/C21H18N4/c1-3-15-8-10-16(11-9-15)23-20-12-14(2)17(13-22)21-24-18-6-4-5-7-19(18)25(20)21/h4-12,23H,3H2,1-2H3. The van der Waals surface area contributed by atoms with Crippen LogP contribution in [-0.4, -0.2) is 9.38 Å². The van der Waals surface area contributed by atoms with E-state index < -0.39 is 0 Å². The van der Waals surface area contributed by atoms with E-state index in [1.165, 1.54) is 5.56 Å². The van der Waals surface area contributed by atoms with E-state index in [4.69, 9.17) is 0 Å². The van der Waals surface area contributed by atoms with Crippen LogP contribution in [0.25, 0.3) is 16.7 Å². The molecule has 25 heavy (non-hydrogen) atoms. The number of anilines is 2. The second kappa shape index (κ2) is 5.95. The molecule has 0 fully saturated rings. The monoisotopic (exact) mass is 326 g/mol. The summed E-state index contributed by atoms with van der Waals surface area (Å²) in [5.41, 5.74) is 6.41. The van der Waals surface area contributed by atoms with Gasteiger partial charge in [0.15, 0.2) is 5.65 Å². The predicted molar refractivity (Wildman–Crippen MR) is 101 cm³/mol. The molecule has 0 atom stereocenters. The summed E-state index contributed by atoms with van der Waals surface area (Å²) < 4.78 is 2.02. The summed E-state index contributed by atoms with van der Waals surface area (Å²) in [6.45, 7) is 4.09. The molecule has 0 aliphatic carbocycles. The number of nitriles is 1. The highest BCUT2D eigenvalue weighted by atomic mass is 15.1. The van der Waals surface area contributed by atoms with Gasteiger partial charge in [-0.2, -0.15) is 5.26 Å². The minimum Gasteiger partial charge on any atom is -0.341 e. The maximum atomic E-state index is 9.56. The van der Waals surface area contributed by atoms with Crippen molar-refractivity contribution < 1.29 is 0 Å². The largest absolute Gasteiger partial charge is 0.341 e. The van der Waals surface area contributed by atoms with Gasteiger partial charge in [-0.05, 0) is 54.8 Å². The first-order valence-corrected chi connectivity index (χ1v) is 8.38. The average Bonchev–Trinajstić information content (AvgIpc) is 3.02. The number of hydrogen-bond acceptors (Lipinski definition) is 3. The molecule has 0 saturated heterocycles. The number of aromatic nitrogens is 2. The van der Waals surface area contributed by atoms with E-state index in [9.17, 15) is 5.26 Å². The topological polar surface area (TPSA) is 53.1 Å². The van der Waals surface area contributed by atoms with Gasteiger partial charge >= 0.3 is 0 Å². The van der Waals surface area contributed by atoms with Crippen LogP contribution in [0.3, 0.4) is 0 Å². The Hall–Kier alpha value is -3.32. The van der Waals surface area contributed by atoms with E-state index in [-0.39, 0.29) is 0 Å². The van der Waals surface area contributed by atoms with Crippen LogP contribution in [0.2, 0.25) is 0 Å². The number of aryl methyl sites for hydroxylation is 2. The zero-order chi connectivity index (χ0) is 17.4. The molecule has 4 rings (SSSR count). The minimum atomic E-state index is 0.614. The molecule has 0 radical (unpaired) electrons. The number of pyridine rings is 1. The van der Waals surface area contributed by atoms with Gasteiger partial charge in [0.1, 0.15) is 11.9 Å². The van der Waals surface area contributed by atoms with Gasteiger partial charge in [-0.1, -0.05) is 31.2 Å². The first-order chi connectivity index (χ1) is 12.2. The maximum Gasteiger partial charge on any atom is 0.157 e. The Morgan fingerprint density at radius 2 is 1.88 bits per heavy atom. The van der Waals surface area contributed by atoms with Crippen LogP contribution in [0.4, 0.5) is 11.5 Å². The molecule has 4 aromatic rings. The fourth-order valence-corrected chi connectivity index (χ4v) is 3.16. The van der Waals surface area contributed by atoms with Crippen molar-refractivity contribution in [3.8, 4) is 6.07 Å². The fourth-order valence-electron chi connectivity index (χ4n) is 3.16. The average molecular weight is 326 g/mol. The number of rotatable bonds is 3. The quantitative estimate of drug-likeness (QED) is 0.578. The molecule has 4 heteroatoms. The van der Waals surface area contributed by atoms with Crippen LogP contribution in [0.15, 0.2) is 54.6 Å². The van der Waals surface area contributed by atoms with Gasteiger partial charge in [-0.15, -0.1) is 0 Å². The van der Waals surface area contributed by atoms with Crippen molar-refractivity contribution in [2.45, 2.75) is 20.3 Å². The van der Waals surface area contributed by atoms with Crippen LogP contribution < -0.4 is 5.32 Å². The van der Waals surface area contributed by atoms with E-state index >= 15 is 0 Å². The highest BCUT2D eigenvalue weighted by Crippen LogP contribution is 2.28. The molecule has 0 bridgehead atoms. The first-order valence-electron chi connectivity index (χ1n) is 8.38. The number of nitrogens with zero attached hydrogens (tertiary/aromatic N) is 3. The molecule has 2 aromatic heterocycles. The number of benzene rings is 2. The Balaban J connectivity index is 1.94. The highest BCUT2D eigenvalue weighted by molar-refractivity contribution is 5.85. The molecule has 122 valence electrons. The third-order valence-corrected chi connectivity index (χ3v) is 4.52. The zero-order valence-corrected chi connectivity index (χ0v) is 14.2. The van der Waals surface area contributed by atoms with Crippen molar-refractivity contribution in [1.29, 1.82) is 5.26 Å². The molecule has 0 aliphatic heterocycles. The molecule has 0 saturated carbocycles. The smallest absolute Gasteiger partial charge is 0.157 e. The molecule has 1 N–H and O–H groups in total. The molecular weight excluding hydrogens is 308 g/mol. The fraction of sp³-hybridized carbons (Fsp3) is 0.143. The summed E-state index contributed by atoms with van der Waals surface area (Å²) in [6.07, 6.45) is 1.02. The van der Waals surface area contributed by atoms with Crippen LogP contribution in [0.5, 0.6) is 0 Å². The van der Waals surface area contributed by atoms with Crippen LogP contribution in [0.1, 0.15) is 23.6 Å². The summed E-state index contributed by atoms with van der Waals surface area (Å²) in [5.74, 6) is 0.907. The van der Waals surface area contributed by atoms with Gasteiger partial charge in [0, 0.05) is 5.69 Å². The lowest BCUT2D eigenvalue weighted by atomic mass is 10.1. The Morgan fingerprint density at radius 3 is 2.60 bits per heavy atom. The Morgan fingerprint density at radius 1 is 1.12 bits per heavy atom. The van der Waals surface area contributed by atoms with Crippen molar-refractivity contribution in [2.75, 3.05) is 5.32 Å².